The lowest BCUT2D eigenvalue weighted by Crippen LogP contribution is -2.28. The van der Waals surface area contributed by atoms with Crippen molar-refractivity contribution in [1.29, 1.82) is 0 Å². The Morgan fingerprint density at radius 2 is 1.50 bits per heavy atom. The van der Waals surface area contributed by atoms with Crippen LogP contribution in [0.5, 0.6) is 0 Å². The van der Waals surface area contributed by atoms with Crippen LogP contribution in [0.3, 0.4) is 0 Å². The summed E-state index contributed by atoms with van der Waals surface area (Å²) in [7, 11) is 0. The van der Waals surface area contributed by atoms with Crippen molar-refractivity contribution < 1.29 is 14.3 Å². The second kappa shape index (κ2) is 10.6. The first-order valence-corrected chi connectivity index (χ1v) is 9.94. The second-order valence-corrected chi connectivity index (χ2v) is 7.24. The third-order valence-corrected chi connectivity index (χ3v) is 4.72. The summed E-state index contributed by atoms with van der Waals surface area (Å²) in [6.45, 7) is 2.24. The fourth-order valence-corrected chi connectivity index (χ4v) is 2.85. The number of carbonyl (C=O) groups excluding carboxylic acids is 2. The number of benzene rings is 2. The first-order chi connectivity index (χ1) is 13.7. The summed E-state index contributed by atoms with van der Waals surface area (Å²) in [6.07, 6.45) is 3.10. The van der Waals surface area contributed by atoms with Gasteiger partial charge in [0.05, 0.1) is 13.2 Å². The minimum atomic E-state index is 0.0101. The molecule has 5 nitrogen and oxygen atoms in total. The smallest absolute Gasteiger partial charge is 0.223 e. The topological polar surface area (TPSA) is 67.4 Å². The molecule has 28 heavy (non-hydrogen) atoms. The predicted octanol–water partition coefficient (Wildman–Crippen LogP) is 3.33. The SMILES string of the molecule is O=C(CCCNC(=O)C1CC1)NCc1ccc(COCc2ccccc2)cc1. The van der Waals surface area contributed by atoms with Gasteiger partial charge in [-0.2, -0.15) is 0 Å². The van der Waals surface area contributed by atoms with Gasteiger partial charge < -0.3 is 15.4 Å². The second-order valence-electron chi connectivity index (χ2n) is 7.24. The molecule has 0 saturated heterocycles. The number of hydrogen-bond donors (Lipinski definition) is 2. The van der Waals surface area contributed by atoms with E-state index in [0.717, 1.165) is 29.5 Å². The van der Waals surface area contributed by atoms with E-state index in [-0.39, 0.29) is 17.7 Å². The molecule has 0 unspecified atom stereocenters. The van der Waals surface area contributed by atoms with E-state index >= 15 is 0 Å². The van der Waals surface area contributed by atoms with Crippen LogP contribution in [0.15, 0.2) is 54.6 Å². The van der Waals surface area contributed by atoms with Gasteiger partial charge in [-0.1, -0.05) is 54.6 Å². The van der Waals surface area contributed by atoms with Gasteiger partial charge >= 0.3 is 0 Å². The number of carbonyl (C=O) groups is 2. The Kier molecular flexibility index (Phi) is 7.62. The quantitative estimate of drug-likeness (QED) is 0.588. The van der Waals surface area contributed by atoms with E-state index in [4.69, 9.17) is 4.74 Å². The first-order valence-electron chi connectivity index (χ1n) is 9.94. The largest absolute Gasteiger partial charge is 0.372 e. The molecule has 2 amide bonds. The van der Waals surface area contributed by atoms with Crippen molar-refractivity contribution in [3.05, 3.63) is 71.3 Å². The third kappa shape index (κ3) is 7.16. The molecule has 0 atom stereocenters. The van der Waals surface area contributed by atoms with Gasteiger partial charge in [-0.15, -0.1) is 0 Å². The summed E-state index contributed by atoms with van der Waals surface area (Å²) in [5.41, 5.74) is 3.33. The van der Waals surface area contributed by atoms with Gasteiger partial charge in [0, 0.05) is 25.4 Å². The summed E-state index contributed by atoms with van der Waals surface area (Å²) < 4.78 is 5.73. The van der Waals surface area contributed by atoms with Gasteiger partial charge in [-0.3, -0.25) is 9.59 Å². The van der Waals surface area contributed by atoms with Crippen LogP contribution in [0.1, 0.15) is 42.4 Å². The maximum atomic E-state index is 11.9. The Morgan fingerprint density at radius 1 is 0.857 bits per heavy atom. The van der Waals surface area contributed by atoms with Gasteiger partial charge in [-0.05, 0) is 36.0 Å². The normalized spacial score (nSPS) is 13.1. The highest BCUT2D eigenvalue weighted by Crippen LogP contribution is 2.28. The van der Waals surface area contributed by atoms with Gasteiger partial charge in [0.1, 0.15) is 0 Å². The van der Waals surface area contributed by atoms with Gasteiger partial charge in [0.2, 0.25) is 11.8 Å². The van der Waals surface area contributed by atoms with E-state index in [1.54, 1.807) is 0 Å². The Labute approximate surface area is 166 Å². The van der Waals surface area contributed by atoms with Crippen LogP contribution < -0.4 is 10.6 Å². The van der Waals surface area contributed by atoms with Crippen LogP contribution in [0.25, 0.3) is 0 Å². The van der Waals surface area contributed by atoms with Crippen LogP contribution in [0.2, 0.25) is 0 Å². The van der Waals surface area contributed by atoms with Crippen molar-refractivity contribution in [2.24, 2.45) is 5.92 Å². The van der Waals surface area contributed by atoms with E-state index < -0.39 is 0 Å². The molecule has 0 aromatic heterocycles. The Morgan fingerprint density at radius 3 is 2.18 bits per heavy atom. The number of amides is 2. The summed E-state index contributed by atoms with van der Waals surface area (Å²) in [5, 5.41) is 5.80. The molecular formula is C23H28N2O3. The standard InChI is InChI=1S/C23H28N2O3/c26-22(7-4-14-24-23(27)21-12-13-21)25-15-18-8-10-20(11-9-18)17-28-16-19-5-2-1-3-6-19/h1-3,5-6,8-11,21H,4,7,12-17H2,(H,24,27)(H,25,26). The summed E-state index contributed by atoms with van der Waals surface area (Å²) in [6, 6.07) is 18.2. The van der Waals surface area contributed by atoms with E-state index in [9.17, 15) is 9.59 Å². The van der Waals surface area contributed by atoms with Crippen LogP contribution in [-0.2, 0) is 34.1 Å². The third-order valence-electron chi connectivity index (χ3n) is 4.72. The maximum Gasteiger partial charge on any atom is 0.223 e. The summed E-state index contributed by atoms with van der Waals surface area (Å²) in [5.74, 6) is 0.365. The highest BCUT2D eigenvalue weighted by Gasteiger charge is 2.28. The molecule has 0 heterocycles. The number of nitrogens with one attached hydrogen (secondary N) is 2. The Hall–Kier alpha value is -2.66. The molecule has 0 bridgehead atoms. The number of hydrogen-bond acceptors (Lipinski definition) is 3. The molecule has 2 aromatic carbocycles. The minimum Gasteiger partial charge on any atom is -0.372 e. The molecule has 1 saturated carbocycles. The molecule has 1 fully saturated rings. The van der Waals surface area contributed by atoms with Crippen molar-refractivity contribution in [1.82, 2.24) is 10.6 Å². The number of rotatable bonds is 11. The minimum absolute atomic E-state index is 0.0101. The van der Waals surface area contributed by atoms with E-state index in [1.807, 2.05) is 54.6 Å². The zero-order chi connectivity index (χ0) is 19.6. The fraction of sp³-hybridized carbons (Fsp3) is 0.391. The molecule has 2 aromatic rings. The molecule has 5 heteroatoms. The van der Waals surface area contributed by atoms with Crippen LogP contribution in [0, 0.1) is 5.92 Å². The van der Waals surface area contributed by atoms with E-state index in [1.165, 1.54) is 0 Å². The average molecular weight is 380 g/mol. The van der Waals surface area contributed by atoms with E-state index in [2.05, 4.69) is 10.6 Å². The lowest BCUT2D eigenvalue weighted by atomic mass is 10.1. The molecular weight excluding hydrogens is 352 g/mol. The number of ether oxygens (including phenoxy) is 1. The Balaban J connectivity index is 1.28. The first kappa shape index (κ1) is 20.1. The molecule has 0 aliphatic heterocycles. The molecule has 2 N–H and O–H groups in total. The zero-order valence-corrected chi connectivity index (χ0v) is 16.2. The van der Waals surface area contributed by atoms with Crippen molar-refractivity contribution in [3.8, 4) is 0 Å². The maximum absolute atomic E-state index is 11.9. The van der Waals surface area contributed by atoms with Crippen LogP contribution in [-0.4, -0.2) is 18.4 Å². The predicted molar refractivity (Wildman–Crippen MR) is 108 cm³/mol. The lowest BCUT2D eigenvalue weighted by molar-refractivity contribution is -0.123. The highest BCUT2D eigenvalue weighted by atomic mass is 16.5. The summed E-state index contributed by atoms with van der Waals surface area (Å²) >= 11 is 0. The van der Waals surface area contributed by atoms with Gasteiger partial charge in [0.25, 0.3) is 0 Å². The van der Waals surface area contributed by atoms with Crippen molar-refractivity contribution in [3.63, 3.8) is 0 Å². The fourth-order valence-electron chi connectivity index (χ4n) is 2.85. The zero-order valence-electron chi connectivity index (χ0n) is 16.2. The molecule has 0 spiro atoms. The molecule has 1 aliphatic rings. The lowest BCUT2D eigenvalue weighted by Gasteiger charge is -2.08. The van der Waals surface area contributed by atoms with Crippen molar-refractivity contribution in [2.75, 3.05) is 6.54 Å². The van der Waals surface area contributed by atoms with E-state index in [0.29, 0.717) is 39.1 Å². The highest BCUT2D eigenvalue weighted by molar-refractivity contribution is 5.81. The Bertz CT molecular complexity index is 755. The molecule has 1 aliphatic carbocycles. The van der Waals surface area contributed by atoms with Crippen molar-refractivity contribution in [2.45, 2.75) is 45.4 Å². The van der Waals surface area contributed by atoms with Gasteiger partial charge in [-0.25, -0.2) is 0 Å². The summed E-state index contributed by atoms with van der Waals surface area (Å²) in [4.78, 5) is 23.4. The average Bonchev–Trinajstić information content (AvgIpc) is 3.57. The van der Waals surface area contributed by atoms with Gasteiger partial charge in [0.15, 0.2) is 0 Å². The van der Waals surface area contributed by atoms with Crippen LogP contribution in [0.4, 0.5) is 0 Å². The van der Waals surface area contributed by atoms with Crippen LogP contribution >= 0.6 is 0 Å². The van der Waals surface area contributed by atoms with Crippen molar-refractivity contribution >= 4 is 11.8 Å². The molecule has 0 radical (unpaired) electrons. The molecule has 148 valence electrons. The molecule has 3 rings (SSSR count). The monoisotopic (exact) mass is 380 g/mol.